The van der Waals surface area contributed by atoms with Gasteiger partial charge in [0.2, 0.25) is 0 Å². The summed E-state index contributed by atoms with van der Waals surface area (Å²) in [5.41, 5.74) is 4.38. The summed E-state index contributed by atoms with van der Waals surface area (Å²) in [6.07, 6.45) is -0.522. The molecule has 2 aromatic carbocycles. The molecule has 0 unspecified atom stereocenters. The van der Waals surface area contributed by atoms with Crippen LogP contribution in [-0.2, 0) is 0 Å². The Kier molecular flexibility index (Phi) is 4.43. The summed E-state index contributed by atoms with van der Waals surface area (Å²) in [5, 5.41) is 6.48. The van der Waals surface area contributed by atoms with Crippen LogP contribution in [0.15, 0.2) is 53.3 Å². The number of aryl methyl sites for hydroxylation is 3. The zero-order valence-corrected chi connectivity index (χ0v) is 15.9. The summed E-state index contributed by atoms with van der Waals surface area (Å²) in [6, 6.07) is 13.7. The van der Waals surface area contributed by atoms with E-state index in [1.165, 1.54) is 28.3 Å². The van der Waals surface area contributed by atoms with E-state index in [1.807, 2.05) is 26.0 Å². The largest absolute Gasteiger partial charge is 0.357 e. The van der Waals surface area contributed by atoms with Crippen LogP contribution in [0.3, 0.4) is 0 Å². The number of nitrogens with zero attached hydrogens (tertiary/aromatic N) is 2. The van der Waals surface area contributed by atoms with Crippen molar-refractivity contribution in [2.24, 2.45) is 0 Å². The van der Waals surface area contributed by atoms with Gasteiger partial charge in [-0.1, -0.05) is 29.8 Å². The van der Waals surface area contributed by atoms with Crippen LogP contribution in [0, 0.1) is 26.6 Å². The predicted octanol–water partition coefficient (Wildman–Crippen LogP) is 1.83. The maximum absolute atomic E-state index is 13.4. The second-order valence-corrected chi connectivity index (χ2v) is 6.97. The first-order valence-electron chi connectivity index (χ1n) is 9.01. The number of hydrogen-bond acceptors (Lipinski definition) is 4. The van der Waals surface area contributed by atoms with E-state index in [4.69, 9.17) is 0 Å². The van der Waals surface area contributed by atoms with Gasteiger partial charge in [0.15, 0.2) is 6.17 Å². The summed E-state index contributed by atoms with van der Waals surface area (Å²) in [5.74, 6) is 0.689. The van der Waals surface area contributed by atoms with Gasteiger partial charge in [0.1, 0.15) is 11.5 Å². The molecule has 1 atom stereocenters. The Bertz CT molecular complexity index is 1130. The number of halogens is 1. The molecule has 0 amide bonds. The van der Waals surface area contributed by atoms with Gasteiger partial charge in [-0.25, -0.2) is 24.6 Å². The van der Waals surface area contributed by atoms with Gasteiger partial charge in [0, 0.05) is 17.3 Å². The molecule has 3 N–H and O–H groups in total. The van der Waals surface area contributed by atoms with Crippen molar-refractivity contribution >= 4 is 17.6 Å². The van der Waals surface area contributed by atoms with Gasteiger partial charge >= 0.3 is 5.96 Å². The molecule has 1 aromatic heterocycles. The summed E-state index contributed by atoms with van der Waals surface area (Å²) < 4.78 is 14.9. The number of aromatic nitrogens is 2. The number of guanidine groups is 1. The lowest BCUT2D eigenvalue weighted by molar-refractivity contribution is -0.520. The van der Waals surface area contributed by atoms with Crippen molar-refractivity contribution in [3.63, 3.8) is 0 Å². The summed E-state index contributed by atoms with van der Waals surface area (Å²) in [7, 11) is 0. The predicted molar refractivity (Wildman–Crippen MR) is 107 cm³/mol. The number of nitrogens with one attached hydrogen (secondary N) is 3. The average molecular weight is 378 g/mol. The third kappa shape index (κ3) is 3.38. The molecule has 0 saturated carbocycles. The molecule has 0 saturated heterocycles. The molecular formula is C21H21FN5O+. The molecule has 4 rings (SSSR count). The number of rotatable bonds is 2. The zero-order valence-electron chi connectivity index (χ0n) is 15.9. The van der Waals surface area contributed by atoms with Gasteiger partial charge in [0.05, 0.1) is 0 Å². The molecule has 0 bridgehead atoms. The highest BCUT2D eigenvalue weighted by Gasteiger charge is 2.29. The maximum atomic E-state index is 13.4. The zero-order chi connectivity index (χ0) is 19.8. The lowest BCUT2D eigenvalue weighted by Crippen LogP contribution is -2.82. The molecule has 7 heteroatoms. The SMILES string of the molecule is Cc1ccc(NC2=[NH+][C@@H](c3ccc(F)cc3)n3c(nc(C)cc3=O)N2)c(C)c1. The molecule has 28 heavy (non-hydrogen) atoms. The van der Waals surface area contributed by atoms with Gasteiger partial charge in [0.25, 0.3) is 11.5 Å². The van der Waals surface area contributed by atoms with E-state index in [2.05, 4.69) is 26.7 Å². The summed E-state index contributed by atoms with van der Waals surface area (Å²) >= 11 is 0. The van der Waals surface area contributed by atoms with Gasteiger partial charge in [-0.05, 0) is 44.5 Å². The van der Waals surface area contributed by atoms with Crippen LogP contribution < -0.4 is 21.2 Å². The van der Waals surface area contributed by atoms with Gasteiger partial charge in [-0.15, -0.1) is 0 Å². The van der Waals surface area contributed by atoms with Crippen LogP contribution in [0.1, 0.15) is 28.6 Å². The van der Waals surface area contributed by atoms with Crippen LogP contribution in [0.5, 0.6) is 0 Å². The van der Waals surface area contributed by atoms with Crippen molar-refractivity contribution in [2.45, 2.75) is 26.9 Å². The van der Waals surface area contributed by atoms with E-state index in [0.29, 0.717) is 17.6 Å². The molecule has 142 valence electrons. The normalized spacial score (nSPS) is 15.4. The quantitative estimate of drug-likeness (QED) is 0.636. The van der Waals surface area contributed by atoms with Crippen LogP contribution in [-0.4, -0.2) is 15.5 Å². The van der Waals surface area contributed by atoms with Crippen molar-refractivity contribution in [1.29, 1.82) is 0 Å². The first kappa shape index (κ1) is 17.9. The van der Waals surface area contributed by atoms with Crippen molar-refractivity contribution in [2.75, 3.05) is 10.6 Å². The average Bonchev–Trinajstić information content (AvgIpc) is 2.63. The minimum absolute atomic E-state index is 0.192. The fraction of sp³-hybridized carbons (Fsp3) is 0.190. The van der Waals surface area contributed by atoms with E-state index >= 15 is 0 Å². The van der Waals surface area contributed by atoms with Gasteiger partial charge < -0.3 is 0 Å². The van der Waals surface area contributed by atoms with Crippen molar-refractivity contribution in [3.8, 4) is 0 Å². The molecule has 0 aliphatic carbocycles. The molecular weight excluding hydrogens is 357 g/mol. The van der Waals surface area contributed by atoms with Crippen LogP contribution >= 0.6 is 0 Å². The monoisotopic (exact) mass is 378 g/mol. The minimum Gasteiger partial charge on any atom is -0.269 e. The van der Waals surface area contributed by atoms with E-state index in [-0.39, 0.29) is 11.4 Å². The van der Waals surface area contributed by atoms with E-state index in [0.717, 1.165) is 16.8 Å². The van der Waals surface area contributed by atoms with Gasteiger partial charge in [-0.3, -0.25) is 9.79 Å². The Morgan fingerprint density at radius 1 is 1.11 bits per heavy atom. The Hall–Kier alpha value is -3.48. The second-order valence-electron chi connectivity index (χ2n) is 6.97. The molecule has 1 aliphatic rings. The van der Waals surface area contributed by atoms with Gasteiger partial charge in [-0.2, -0.15) is 0 Å². The Labute approximate surface area is 161 Å². The van der Waals surface area contributed by atoms with Crippen molar-refractivity contribution in [3.05, 3.63) is 87.1 Å². The molecule has 6 nitrogen and oxygen atoms in total. The van der Waals surface area contributed by atoms with Crippen LogP contribution in [0.4, 0.5) is 16.0 Å². The fourth-order valence-corrected chi connectivity index (χ4v) is 3.33. The molecule has 0 radical (unpaired) electrons. The first-order chi connectivity index (χ1) is 13.4. The smallest absolute Gasteiger partial charge is 0.269 e. The Morgan fingerprint density at radius 2 is 1.86 bits per heavy atom. The Morgan fingerprint density at radius 3 is 2.57 bits per heavy atom. The maximum Gasteiger partial charge on any atom is 0.357 e. The first-order valence-corrected chi connectivity index (χ1v) is 9.01. The molecule has 0 fully saturated rings. The molecule has 0 spiro atoms. The van der Waals surface area contributed by atoms with Crippen LogP contribution in [0.25, 0.3) is 0 Å². The number of anilines is 2. The molecule has 1 aliphatic heterocycles. The molecule has 2 heterocycles. The lowest BCUT2D eigenvalue weighted by Gasteiger charge is -2.23. The third-order valence-corrected chi connectivity index (χ3v) is 4.68. The standard InChI is InChI=1S/C21H20FN5O/c1-12-4-9-17(13(2)10-12)24-20-25-19(15-5-7-16(22)8-6-15)27-18(28)11-14(3)23-21(27)26-20/h4-11,19H,1-3H3,(H2,23,24,25,26)/p+1/t19-/m1/s1. The topological polar surface area (TPSA) is 72.9 Å². The summed E-state index contributed by atoms with van der Waals surface area (Å²) in [6.45, 7) is 5.84. The van der Waals surface area contributed by atoms with Crippen LogP contribution in [0.2, 0.25) is 0 Å². The summed E-state index contributed by atoms with van der Waals surface area (Å²) in [4.78, 5) is 20.4. The second kappa shape index (κ2) is 6.92. The third-order valence-electron chi connectivity index (χ3n) is 4.68. The highest BCUT2D eigenvalue weighted by molar-refractivity contribution is 5.99. The lowest BCUT2D eigenvalue weighted by atomic mass is 10.1. The fourth-order valence-electron chi connectivity index (χ4n) is 3.33. The van der Waals surface area contributed by atoms with E-state index in [1.54, 1.807) is 19.1 Å². The minimum atomic E-state index is -0.522. The highest BCUT2D eigenvalue weighted by Crippen LogP contribution is 2.19. The molecule has 3 aromatic rings. The number of fused-ring (bicyclic) bond motifs is 1. The number of hydrogen-bond donors (Lipinski definition) is 3. The Balaban J connectivity index is 1.80. The van der Waals surface area contributed by atoms with E-state index < -0.39 is 6.17 Å². The van der Waals surface area contributed by atoms with Crippen molar-refractivity contribution in [1.82, 2.24) is 9.55 Å². The van der Waals surface area contributed by atoms with Crippen molar-refractivity contribution < 1.29 is 9.38 Å². The number of benzene rings is 2. The highest BCUT2D eigenvalue weighted by atomic mass is 19.1. The van der Waals surface area contributed by atoms with E-state index in [9.17, 15) is 9.18 Å².